The molecule has 1 unspecified atom stereocenters. The third kappa shape index (κ3) is 6.28. The molecule has 1 amide bonds. The molecule has 3 heterocycles. The molecule has 2 aromatic rings. The van der Waals surface area contributed by atoms with Crippen LogP contribution in [0.15, 0.2) is 30.6 Å². The molecule has 0 radical (unpaired) electrons. The average Bonchev–Trinajstić information content (AvgIpc) is 3.33. The smallest absolute Gasteiger partial charge is 0.318 e. The number of anilines is 1. The fourth-order valence-electron chi connectivity index (χ4n) is 6.84. The first-order valence-electron chi connectivity index (χ1n) is 14.9. The van der Waals surface area contributed by atoms with Crippen molar-refractivity contribution in [1.29, 1.82) is 5.26 Å². The van der Waals surface area contributed by atoms with Gasteiger partial charge in [-0.2, -0.15) is 15.2 Å². The highest BCUT2D eigenvalue weighted by atomic mass is 35.5. The first kappa shape index (κ1) is 31.8. The third-order valence-electron chi connectivity index (χ3n) is 9.26. The minimum absolute atomic E-state index is 0.0000734. The number of piperazine rings is 1. The number of halogens is 3. The summed E-state index contributed by atoms with van der Waals surface area (Å²) in [6, 6.07) is 7.12. The van der Waals surface area contributed by atoms with E-state index >= 15 is 0 Å². The van der Waals surface area contributed by atoms with E-state index in [1.807, 2.05) is 42.0 Å². The minimum atomic E-state index is -1.07. The fraction of sp³-hybridized carbons (Fsp3) is 0.531. The standard InChI is InChI=1S/C32H37ClF2N6O3/c1-20-28(15-32(19-42)10-5-6-25-26(32)7-4-8-27(25)33)37-31(44-18-24-14-22(35)16-39(24)3)38-29(20)40-12-13-41(30(43)21(2)34)23(17-40)9-11-36/h4,7-8,19,22-24H,2,5-6,9-10,12-18H2,1,3H3/t22-,23+,24+,32?/m1/s1. The molecule has 0 N–H and O–H groups in total. The van der Waals surface area contributed by atoms with Gasteiger partial charge in [-0.1, -0.05) is 30.3 Å². The number of aromatic nitrogens is 2. The number of hydrogen-bond donors (Lipinski definition) is 0. The van der Waals surface area contributed by atoms with Gasteiger partial charge in [0.2, 0.25) is 0 Å². The van der Waals surface area contributed by atoms with Crippen LogP contribution >= 0.6 is 11.6 Å². The maximum atomic E-state index is 14.0. The van der Waals surface area contributed by atoms with Crippen LogP contribution in [-0.4, -0.2) is 90.1 Å². The SMILES string of the molecule is C=C(F)C(=O)N1CCN(c2nc(OC[C@@H]3C[C@@H](F)CN3C)nc(CC3(C=O)CCCc4c(Cl)cccc43)c2C)C[C@@H]1CC#N. The van der Waals surface area contributed by atoms with Gasteiger partial charge in [0.1, 0.15) is 24.9 Å². The molecule has 12 heteroatoms. The Morgan fingerprint density at radius 3 is 2.77 bits per heavy atom. The molecule has 9 nitrogen and oxygen atoms in total. The van der Waals surface area contributed by atoms with Crippen molar-refractivity contribution < 1.29 is 23.1 Å². The van der Waals surface area contributed by atoms with Gasteiger partial charge in [0.05, 0.1) is 29.6 Å². The van der Waals surface area contributed by atoms with Gasteiger partial charge in [-0.15, -0.1) is 0 Å². The van der Waals surface area contributed by atoms with Gasteiger partial charge in [0.25, 0.3) is 5.91 Å². The number of rotatable bonds is 9. The lowest BCUT2D eigenvalue weighted by Gasteiger charge is -2.41. The first-order chi connectivity index (χ1) is 21.1. The number of amides is 1. The van der Waals surface area contributed by atoms with E-state index in [1.165, 1.54) is 4.90 Å². The van der Waals surface area contributed by atoms with E-state index in [9.17, 15) is 23.6 Å². The monoisotopic (exact) mass is 626 g/mol. The molecule has 1 aromatic carbocycles. The van der Waals surface area contributed by atoms with Crippen molar-refractivity contribution in [3.63, 3.8) is 0 Å². The Morgan fingerprint density at radius 2 is 2.09 bits per heavy atom. The number of nitriles is 1. The van der Waals surface area contributed by atoms with Crippen molar-refractivity contribution in [2.45, 2.75) is 69.1 Å². The summed E-state index contributed by atoms with van der Waals surface area (Å²) in [5.41, 5.74) is 2.37. The van der Waals surface area contributed by atoms with Crippen molar-refractivity contribution in [2.24, 2.45) is 0 Å². The van der Waals surface area contributed by atoms with E-state index in [2.05, 4.69) is 12.6 Å². The van der Waals surface area contributed by atoms with E-state index in [4.69, 9.17) is 26.3 Å². The zero-order valence-electron chi connectivity index (χ0n) is 25.1. The first-order valence-corrected chi connectivity index (χ1v) is 15.3. The van der Waals surface area contributed by atoms with Crippen LogP contribution < -0.4 is 9.64 Å². The second-order valence-electron chi connectivity index (χ2n) is 12.1. The number of aldehydes is 1. The second-order valence-corrected chi connectivity index (χ2v) is 12.5. The van der Waals surface area contributed by atoms with Crippen LogP contribution in [0.4, 0.5) is 14.6 Å². The molecule has 44 heavy (non-hydrogen) atoms. The summed E-state index contributed by atoms with van der Waals surface area (Å²) in [7, 11) is 1.85. The highest BCUT2D eigenvalue weighted by Crippen LogP contribution is 2.42. The van der Waals surface area contributed by atoms with Gasteiger partial charge in [-0.3, -0.25) is 9.69 Å². The van der Waals surface area contributed by atoms with E-state index in [-0.39, 0.29) is 38.2 Å². The number of fused-ring (bicyclic) bond motifs is 1. The zero-order valence-corrected chi connectivity index (χ0v) is 25.8. The van der Waals surface area contributed by atoms with Crippen molar-refractivity contribution >= 4 is 29.6 Å². The van der Waals surface area contributed by atoms with Crippen molar-refractivity contribution in [3.8, 4) is 12.1 Å². The maximum absolute atomic E-state index is 14.0. The lowest BCUT2D eigenvalue weighted by Crippen LogP contribution is -2.55. The molecule has 2 fully saturated rings. The quantitative estimate of drug-likeness (QED) is 0.300. The van der Waals surface area contributed by atoms with Crippen LogP contribution in [0.2, 0.25) is 5.02 Å². The molecule has 2 saturated heterocycles. The molecular weight excluding hydrogens is 590 g/mol. The number of likely N-dealkylation sites (tertiary alicyclic amines) is 1. The van der Waals surface area contributed by atoms with Crippen molar-refractivity contribution in [2.75, 3.05) is 44.7 Å². The molecule has 1 aliphatic carbocycles. The third-order valence-corrected chi connectivity index (χ3v) is 9.61. The van der Waals surface area contributed by atoms with Crippen molar-refractivity contribution in [1.82, 2.24) is 19.8 Å². The largest absolute Gasteiger partial charge is 0.462 e. The number of hydrogen-bond acceptors (Lipinski definition) is 8. The summed E-state index contributed by atoms with van der Waals surface area (Å²) in [5, 5.41) is 10.1. The lowest BCUT2D eigenvalue weighted by molar-refractivity contribution is -0.131. The van der Waals surface area contributed by atoms with Gasteiger partial charge < -0.3 is 19.3 Å². The molecular formula is C32H37ClF2N6O3. The molecule has 3 aliphatic rings. The van der Waals surface area contributed by atoms with Crippen LogP contribution in [0.1, 0.15) is 48.1 Å². The zero-order chi connectivity index (χ0) is 31.6. The highest BCUT2D eigenvalue weighted by molar-refractivity contribution is 6.31. The Bertz CT molecular complexity index is 1480. The Balaban J connectivity index is 1.52. The maximum Gasteiger partial charge on any atom is 0.318 e. The van der Waals surface area contributed by atoms with E-state index in [0.29, 0.717) is 48.9 Å². The summed E-state index contributed by atoms with van der Waals surface area (Å²) in [5.74, 6) is -1.36. The number of alkyl halides is 1. The van der Waals surface area contributed by atoms with Crippen LogP contribution in [0, 0.1) is 18.3 Å². The molecule has 2 aliphatic heterocycles. The Kier molecular flexibility index (Phi) is 9.51. The summed E-state index contributed by atoms with van der Waals surface area (Å²) >= 11 is 6.55. The Morgan fingerprint density at radius 1 is 1.30 bits per heavy atom. The van der Waals surface area contributed by atoms with E-state index < -0.39 is 29.4 Å². The Hall–Kier alpha value is -3.62. The van der Waals surface area contributed by atoms with Gasteiger partial charge in [0.15, 0.2) is 5.83 Å². The van der Waals surface area contributed by atoms with Crippen LogP contribution in [0.5, 0.6) is 6.01 Å². The summed E-state index contributed by atoms with van der Waals surface area (Å²) in [6.45, 7) is 6.26. The van der Waals surface area contributed by atoms with Crippen molar-refractivity contribution in [3.05, 3.63) is 58.0 Å². The van der Waals surface area contributed by atoms with Gasteiger partial charge in [-0.25, -0.2) is 8.78 Å². The predicted octanol–water partition coefficient (Wildman–Crippen LogP) is 4.29. The van der Waals surface area contributed by atoms with Crippen LogP contribution in [-0.2, 0) is 27.8 Å². The van der Waals surface area contributed by atoms with Crippen LogP contribution in [0.3, 0.4) is 0 Å². The molecule has 0 saturated carbocycles. The molecule has 4 atom stereocenters. The highest BCUT2D eigenvalue weighted by Gasteiger charge is 2.40. The van der Waals surface area contributed by atoms with E-state index in [0.717, 1.165) is 35.8 Å². The number of carbonyl (C=O) groups is 2. The topological polar surface area (TPSA) is 103 Å². The number of nitrogens with zero attached hydrogens (tertiary/aromatic N) is 6. The summed E-state index contributed by atoms with van der Waals surface area (Å²) in [6.07, 6.45) is 2.91. The molecule has 0 bridgehead atoms. The van der Waals surface area contributed by atoms with Gasteiger partial charge >= 0.3 is 6.01 Å². The minimum Gasteiger partial charge on any atom is -0.462 e. The molecule has 0 spiro atoms. The molecule has 1 aromatic heterocycles. The van der Waals surface area contributed by atoms with Gasteiger partial charge in [0, 0.05) is 49.2 Å². The number of likely N-dealkylation sites (N-methyl/N-ethyl adjacent to an activating group) is 1. The predicted molar refractivity (Wildman–Crippen MR) is 162 cm³/mol. The molecule has 5 rings (SSSR count). The summed E-state index contributed by atoms with van der Waals surface area (Å²) in [4.78, 5) is 40.1. The Labute approximate surface area is 261 Å². The number of benzene rings is 1. The van der Waals surface area contributed by atoms with Crippen LogP contribution in [0.25, 0.3) is 0 Å². The molecule has 234 valence electrons. The lowest BCUT2D eigenvalue weighted by atomic mass is 9.68. The average molecular weight is 627 g/mol. The van der Waals surface area contributed by atoms with Gasteiger partial charge in [-0.05, 0) is 56.8 Å². The second kappa shape index (κ2) is 13.2. The fourth-order valence-corrected chi connectivity index (χ4v) is 7.11. The summed E-state index contributed by atoms with van der Waals surface area (Å²) < 4.78 is 33.9. The number of ether oxygens (including phenoxy) is 1. The number of carbonyl (C=O) groups excluding carboxylic acids is 2. The normalized spacial score (nSPS) is 25.3. The van der Waals surface area contributed by atoms with E-state index in [1.54, 1.807) is 0 Å².